The largest absolute Gasteiger partial charge is 0.494 e. The number of ether oxygens (including phenoxy) is 1. The third-order valence-corrected chi connectivity index (χ3v) is 7.02. The number of anilines is 1. The van der Waals surface area contributed by atoms with Crippen molar-refractivity contribution in [2.24, 2.45) is 5.92 Å². The van der Waals surface area contributed by atoms with Gasteiger partial charge in [-0.3, -0.25) is 9.59 Å². The molecule has 1 aliphatic heterocycles. The van der Waals surface area contributed by atoms with E-state index < -0.39 is 12.1 Å². The molecule has 38 heavy (non-hydrogen) atoms. The summed E-state index contributed by atoms with van der Waals surface area (Å²) in [7, 11) is 0. The number of carbonyl (C=O) groups excluding carboxylic acids is 2. The lowest BCUT2D eigenvalue weighted by Gasteiger charge is -2.27. The van der Waals surface area contributed by atoms with Crippen LogP contribution in [-0.2, 0) is 11.2 Å². The van der Waals surface area contributed by atoms with Gasteiger partial charge in [0.25, 0.3) is 5.91 Å². The Labute approximate surface area is 228 Å². The lowest BCUT2D eigenvalue weighted by molar-refractivity contribution is -0.117. The first-order chi connectivity index (χ1) is 18.3. The summed E-state index contributed by atoms with van der Waals surface area (Å²) in [5, 5.41) is 17.7. The topological polar surface area (TPSA) is 90.9 Å². The van der Waals surface area contributed by atoms with E-state index in [1.807, 2.05) is 43.3 Å². The summed E-state index contributed by atoms with van der Waals surface area (Å²) in [6.07, 6.45) is 4.41. The highest BCUT2D eigenvalue weighted by molar-refractivity contribution is 5.99. The molecule has 1 fully saturated rings. The fraction of sp³-hybridized carbons (Fsp3) is 0.548. The highest BCUT2D eigenvalue weighted by atomic mass is 16.5. The van der Waals surface area contributed by atoms with Crippen LogP contribution in [-0.4, -0.2) is 54.8 Å². The second-order valence-electron chi connectivity index (χ2n) is 10.8. The molecule has 3 rings (SSSR count). The van der Waals surface area contributed by atoms with Crippen LogP contribution in [0.3, 0.4) is 0 Å². The minimum atomic E-state index is -0.776. The maximum atomic E-state index is 13.5. The highest BCUT2D eigenvalue weighted by Crippen LogP contribution is 2.28. The first-order valence-corrected chi connectivity index (χ1v) is 14.1. The zero-order chi connectivity index (χ0) is 27.5. The van der Waals surface area contributed by atoms with Crippen LogP contribution in [0.5, 0.6) is 5.75 Å². The molecule has 1 saturated heterocycles. The molecule has 2 aromatic rings. The van der Waals surface area contributed by atoms with E-state index in [9.17, 15) is 14.7 Å². The second kappa shape index (κ2) is 14.9. The molecule has 1 heterocycles. The number of rotatable bonds is 15. The number of amides is 2. The molecule has 0 aromatic heterocycles. The van der Waals surface area contributed by atoms with Gasteiger partial charge in [-0.15, -0.1) is 0 Å². The smallest absolute Gasteiger partial charge is 0.251 e. The van der Waals surface area contributed by atoms with E-state index in [0.717, 1.165) is 24.8 Å². The van der Waals surface area contributed by atoms with Crippen molar-refractivity contribution in [1.29, 1.82) is 0 Å². The molecule has 2 aromatic carbocycles. The van der Waals surface area contributed by atoms with Gasteiger partial charge in [0.05, 0.1) is 18.8 Å². The number of aliphatic hydroxyl groups is 1. The van der Waals surface area contributed by atoms with Crippen LogP contribution in [0.4, 0.5) is 5.69 Å². The molecular formula is C31H45N3O4. The predicted octanol–water partition coefficient (Wildman–Crippen LogP) is 4.72. The monoisotopic (exact) mass is 523 g/mol. The van der Waals surface area contributed by atoms with Gasteiger partial charge in [0.2, 0.25) is 5.91 Å². The summed E-state index contributed by atoms with van der Waals surface area (Å²) in [6.45, 7) is 9.95. The molecule has 3 atom stereocenters. The van der Waals surface area contributed by atoms with E-state index in [2.05, 4.69) is 31.4 Å². The van der Waals surface area contributed by atoms with E-state index >= 15 is 0 Å². The first-order valence-electron chi connectivity index (χ1n) is 14.1. The third-order valence-electron chi connectivity index (χ3n) is 7.02. The number of nitrogens with one attached hydrogen (secondary N) is 2. The summed E-state index contributed by atoms with van der Waals surface area (Å²) in [5.41, 5.74) is 2.11. The molecule has 0 radical (unpaired) electrons. The summed E-state index contributed by atoms with van der Waals surface area (Å²) in [5.74, 6) is 0.982. The predicted molar refractivity (Wildman–Crippen MR) is 153 cm³/mol. The molecule has 0 spiro atoms. The quantitative estimate of drug-likeness (QED) is 0.314. The van der Waals surface area contributed by atoms with Gasteiger partial charge in [-0.05, 0) is 56.7 Å². The van der Waals surface area contributed by atoms with Gasteiger partial charge in [-0.1, -0.05) is 57.0 Å². The van der Waals surface area contributed by atoms with Gasteiger partial charge in [-0.25, -0.2) is 0 Å². The van der Waals surface area contributed by atoms with Crippen LogP contribution in [0.15, 0.2) is 48.5 Å². The summed E-state index contributed by atoms with van der Waals surface area (Å²) < 4.78 is 5.71. The van der Waals surface area contributed by atoms with E-state index in [0.29, 0.717) is 55.5 Å². The average molecular weight is 524 g/mol. The molecule has 7 heteroatoms. The number of benzene rings is 2. The zero-order valence-electron chi connectivity index (χ0n) is 23.4. The molecule has 2 amide bonds. The van der Waals surface area contributed by atoms with E-state index in [4.69, 9.17) is 4.74 Å². The lowest BCUT2D eigenvalue weighted by Crippen LogP contribution is -2.49. The van der Waals surface area contributed by atoms with E-state index in [1.165, 1.54) is 6.42 Å². The van der Waals surface area contributed by atoms with Crippen molar-refractivity contribution in [2.45, 2.75) is 84.4 Å². The van der Waals surface area contributed by atoms with Crippen LogP contribution in [0.2, 0.25) is 0 Å². The first kappa shape index (κ1) is 29.7. The Bertz CT molecular complexity index is 1030. The van der Waals surface area contributed by atoms with Gasteiger partial charge >= 0.3 is 0 Å². The Morgan fingerprint density at radius 3 is 2.53 bits per heavy atom. The summed E-state index contributed by atoms with van der Waals surface area (Å²) >= 11 is 0. The molecule has 1 aliphatic rings. The van der Waals surface area contributed by atoms with E-state index in [1.54, 1.807) is 17.0 Å². The number of hydrogen-bond donors (Lipinski definition) is 3. The van der Waals surface area contributed by atoms with Gasteiger partial charge in [-0.2, -0.15) is 0 Å². The fourth-order valence-electron chi connectivity index (χ4n) is 4.84. The van der Waals surface area contributed by atoms with Gasteiger partial charge in [0, 0.05) is 42.9 Å². The van der Waals surface area contributed by atoms with Gasteiger partial charge in [0.15, 0.2) is 0 Å². The Balaban J connectivity index is 1.74. The molecule has 0 aliphatic carbocycles. The number of aliphatic hydroxyl groups excluding tert-OH is 1. The van der Waals surface area contributed by atoms with Crippen molar-refractivity contribution in [1.82, 2.24) is 10.6 Å². The van der Waals surface area contributed by atoms with Crippen molar-refractivity contribution in [3.63, 3.8) is 0 Å². The Kier molecular flexibility index (Phi) is 11.6. The summed E-state index contributed by atoms with van der Waals surface area (Å²) in [4.78, 5) is 27.6. The average Bonchev–Trinajstić information content (AvgIpc) is 3.33. The van der Waals surface area contributed by atoms with Crippen LogP contribution in [0, 0.1) is 5.92 Å². The van der Waals surface area contributed by atoms with Gasteiger partial charge in [0.1, 0.15) is 5.75 Å². The molecule has 3 unspecified atom stereocenters. The normalized spacial score (nSPS) is 15.9. The van der Waals surface area contributed by atoms with Crippen molar-refractivity contribution >= 4 is 17.5 Å². The molecule has 0 bridgehead atoms. The second-order valence-corrected chi connectivity index (χ2v) is 10.8. The maximum absolute atomic E-state index is 13.5. The van der Waals surface area contributed by atoms with Crippen LogP contribution < -0.4 is 20.3 Å². The van der Waals surface area contributed by atoms with Crippen molar-refractivity contribution in [3.8, 4) is 5.75 Å². The SMILES string of the molecule is CCOc1cc(C(=O)NC(Cc2ccccc2)C(O)CNC(C)CCCC(C)C)cc(N2CCCC2=O)c1. The summed E-state index contributed by atoms with van der Waals surface area (Å²) in [6, 6.07) is 14.9. The molecule has 0 saturated carbocycles. The van der Waals surface area contributed by atoms with Crippen LogP contribution in [0.25, 0.3) is 0 Å². The molecule has 3 N–H and O–H groups in total. The Hall–Kier alpha value is -2.90. The maximum Gasteiger partial charge on any atom is 0.251 e. The van der Waals surface area contributed by atoms with Crippen LogP contribution in [0.1, 0.15) is 75.7 Å². The van der Waals surface area contributed by atoms with Crippen molar-refractivity contribution in [3.05, 3.63) is 59.7 Å². The highest BCUT2D eigenvalue weighted by Gasteiger charge is 2.26. The minimum Gasteiger partial charge on any atom is -0.494 e. The van der Waals surface area contributed by atoms with E-state index in [-0.39, 0.29) is 17.9 Å². The Morgan fingerprint density at radius 1 is 1.11 bits per heavy atom. The van der Waals surface area contributed by atoms with Crippen LogP contribution >= 0.6 is 0 Å². The fourth-order valence-corrected chi connectivity index (χ4v) is 4.84. The molecular weight excluding hydrogens is 478 g/mol. The van der Waals surface area contributed by atoms with Gasteiger partial charge < -0.3 is 25.4 Å². The third kappa shape index (κ3) is 9.14. The van der Waals surface area contributed by atoms with Crippen molar-refractivity contribution in [2.75, 3.05) is 24.6 Å². The number of nitrogens with zero attached hydrogens (tertiary/aromatic N) is 1. The molecule has 208 valence electrons. The van der Waals surface area contributed by atoms with Crippen molar-refractivity contribution < 1.29 is 19.4 Å². The lowest BCUT2D eigenvalue weighted by atomic mass is 9.99. The standard InChI is InChI=1S/C31H45N3O4/c1-5-38-27-19-25(18-26(20-27)34-16-10-15-30(34)36)31(37)33-28(17-24-13-7-6-8-14-24)29(35)21-32-23(4)12-9-11-22(2)3/h6-8,13-14,18-20,22-23,28-29,32,35H,5,9-12,15-17,21H2,1-4H3,(H,33,37). The zero-order valence-corrected chi connectivity index (χ0v) is 23.4. The number of hydrogen-bond acceptors (Lipinski definition) is 5. The Morgan fingerprint density at radius 2 is 1.87 bits per heavy atom. The number of carbonyl (C=O) groups is 2. The molecule has 7 nitrogen and oxygen atoms in total. The minimum absolute atomic E-state index is 0.0518.